The van der Waals surface area contributed by atoms with Crippen LogP contribution >= 0.6 is 23.2 Å². The molecule has 1 aromatic carbocycles. The van der Waals surface area contributed by atoms with Gasteiger partial charge in [-0.15, -0.1) is 0 Å². The third-order valence-electron chi connectivity index (χ3n) is 2.83. The highest BCUT2D eigenvalue weighted by Gasteiger charge is 2.15. The lowest BCUT2D eigenvalue weighted by atomic mass is 10.1. The first-order chi connectivity index (χ1) is 9.81. The standard InChI is InChI=1S/C15H20Cl2N2O2/c1-10(2)8-15(21)18-6-7-19(11(3)20)14-9-12(16)4-5-13(14)17/h4-5,9-10H,6-8H2,1-3H3,(H,18,21). The van der Waals surface area contributed by atoms with E-state index in [1.54, 1.807) is 18.2 Å². The molecular formula is C15H20Cl2N2O2. The molecule has 0 spiro atoms. The minimum Gasteiger partial charge on any atom is -0.354 e. The summed E-state index contributed by atoms with van der Waals surface area (Å²) in [5.74, 6) is 0.124. The summed E-state index contributed by atoms with van der Waals surface area (Å²) in [7, 11) is 0. The maximum Gasteiger partial charge on any atom is 0.223 e. The van der Waals surface area contributed by atoms with Gasteiger partial charge in [0.25, 0.3) is 0 Å². The van der Waals surface area contributed by atoms with Gasteiger partial charge in [-0.25, -0.2) is 0 Å². The van der Waals surface area contributed by atoms with Crippen LogP contribution in [0, 0.1) is 5.92 Å². The van der Waals surface area contributed by atoms with Crippen LogP contribution in [0.3, 0.4) is 0 Å². The lowest BCUT2D eigenvalue weighted by molar-refractivity contribution is -0.122. The minimum absolute atomic E-state index is 0.0225. The number of hydrogen-bond acceptors (Lipinski definition) is 2. The van der Waals surface area contributed by atoms with Crippen molar-refractivity contribution in [2.24, 2.45) is 5.92 Å². The first-order valence-corrected chi connectivity index (χ1v) is 7.56. The second-order valence-electron chi connectivity index (χ2n) is 5.21. The summed E-state index contributed by atoms with van der Waals surface area (Å²) >= 11 is 12.0. The average molecular weight is 331 g/mol. The second-order valence-corrected chi connectivity index (χ2v) is 6.06. The van der Waals surface area contributed by atoms with Gasteiger partial charge in [0.05, 0.1) is 10.7 Å². The highest BCUT2D eigenvalue weighted by molar-refractivity contribution is 6.35. The monoisotopic (exact) mass is 330 g/mol. The van der Waals surface area contributed by atoms with E-state index in [0.29, 0.717) is 41.2 Å². The number of halogens is 2. The number of benzene rings is 1. The van der Waals surface area contributed by atoms with Crippen LogP contribution in [0.25, 0.3) is 0 Å². The van der Waals surface area contributed by atoms with Crippen LogP contribution in [-0.2, 0) is 9.59 Å². The first-order valence-electron chi connectivity index (χ1n) is 6.81. The summed E-state index contributed by atoms with van der Waals surface area (Å²) in [5, 5.41) is 3.75. The van der Waals surface area contributed by atoms with Crippen molar-refractivity contribution in [3.63, 3.8) is 0 Å². The molecule has 0 saturated carbocycles. The van der Waals surface area contributed by atoms with Gasteiger partial charge in [0.1, 0.15) is 0 Å². The second kappa shape index (κ2) is 8.25. The Kier molecular flexibility index (Phi) is 6.99. The SMILES string of the molecule is CC(=O)N(CCNC(=O)CC(C)C)c1cc(Cl)ccc1Cl. The zero-order valence-corrected chi connectivity index (χ0v) is 14.0. The lowest BCUT2D eigenvalue weighted by Gasteiger charge is -2.23. The molecule has 0 aliphatic carbocycles. The minimum atomic E-state index is -0.155. The molecule has 0 radical (unpaired) electrons. The number of hydrogen-bond donors (Lipinski definition) is 1. The zero-order chi connectivity index (χ0) is 16.0. The average Bonchev–Trinajstić information content (AvgIpc) is 2.36. The summed E-state index contributed by atoms with van der Waals surface area (Å²) in [6, 6.07) is 4.95. The molecule has 0 aromatic heterocycles. The molecule has 2 amide bonds. The van der Waals surface area contributed by atoms with E-state index in [1.807, 2.05) is 13.8 Å². The molecule has 0 heterocycles. The van der Waals surface area contributed by atoms with E-state index in [4.69, 9.17) is 23.2 Å². The van der Waals surface area contributed by atoms with Crippen LogP contribution in [0.2, 0.25) is 10.0 Å². The number of rotatable bonds is 6. The maximum absolute atomic E-state index is 11.8. The van der Waals surface area contributed by atoms with E-state index in [9.17, 15) is 9.59 Å². The summed E-state index contributed by atoms with van der Waals surface area (Å²) in [5.41, 5.74) is 0.551. The van der Waals surface area contributed by atoms with Gasteiger partial charge in [-0.2, -0.15) is 0 Å². The molecular weight excluding hydrogens is 311 g/mol. The maximum atomic E-state index is 11.8. The van der Waals surface area contributed by atoms with Crippen molar-refractivity contribution in [1.82, 2.24) is 5.32 Å². The topological polar surface area (TPSA) is 49.4 Å². The molecule has 116 valence electrons. The largest absolute Gasteiger partial charge is 0.354 e. The van der Waals surface area contributed by atoms with Gasteiger partial charge in [0.2, 0.25) is 11.8 Å². The van der Waals surface area contributed by atoms with E-state index < -0.39 is 0 Å². The predicted octanol–water partition coefficient (Wildman–Crippen LogP) is 3.51. The highest BCUT2D eigenvalue weighted by atomic mass is 35.5. The third-order valence-corrected chi connectivity index (χ3v) is 3.39. The summed E-state index contributed by atoms with van der Waals surface area (Å²) in [6.45, 7) is 6.13. The molecule has 0 unspecified atom stereocenters. The van der Waals surface area contributed by atoms with Crippen LogP contribution in [0.4, 0.5) is 5.69 Å². The fourth-order valence-corrected chi connectivity index (χ4v) is 2.28. The smallest absolute Gasteiger partial charge is 0.223 e. The van der Waals surface area contributed by atoms with Crippen molar-refractivity contribution >= 4 is 40.7 Å². The predicted molar refractivity (Wildman–Crippen MR) is 87.0 cm³/mol. The van der Waals surface area contributed by atoms with E-state index in [0.717, 1.165) is 0 Å². The molecule has 6 heteroatoms. The number of nitrogens with one attached hydrogen (secondary N) is 1. The number of anilines is 1. The molecule has 4 nitrogen and oxygen atoms in total. The van der Waals surface area contributed by atoms with Crippen LogP contribution in [-0.4, -0.2) is 24.9 Å². The molecule has 0 aliphatic heterocycles. The number of carbonyl (C=O) groups is 2. The number of amides is 2. The van der Waals surface area contributed by atoms with Crippen molar-refractivity contribution in [3.05, 3.63) is 28.2 Å². The molecule has 0 fully saturated rings. The summed E-state index contributed by atoms with van der Waals surface area (Å²) in [4.78, 5) is 24.9. The fraction of sp³-hybridized carbons (Fsp3) is 0.467. The Labute approximate surface area is 135 Å². The Morgan fingerprint density at radius 2 is 1.95 bits per heavy atom. The Morgan fingerprint density at radius 1 is 1.29 bits per heavy atom. The van der Waals surface area contributed by atoms with E-state index in [1.165, 1.54) is 11.8 Å². The van der Waals surface area contributed by atoms with Crippen LogP contribution in [0.5, 0.6) is 0 Å². The van der Waals surface area contributed by atoms with Gasteiger partial charge in [0.15, 0.2) is 0 Å². The van der Waals surface area contributed by atoms with Crippen molar-refractivity contribution < 1.29 is 9.59 Å². The van der Waals surface area contributed by atoms with Crippen molar-refractivity contribution in [2.75, 3.05) is 18.0 Å². The summed E-state index contributed by atoms with van der Waals surface area (Å²) < 4.78 is 0. The molecule has 0 atom stereocenters. The normalized spacial score (nSPS) is 10.6. The van der Waals surface area contributed by atoms with Gasteiger partial charge in [-0.05, 0) is 24.1 Å². The molecule has 21 heavy (non-hydrogen) atoms. The lowest BCUT2D eigenvalue weighted by Crippen LogP contribution is -2.38. The quantitative estimate of drug-likeness (QED) is 0.867. The third kappa shape index (κ3) is 5.94. The highest BCUT2D eigenvalue weighted by Crippen LogP contribution is 2.28. The van der Waals surface area contributed by atoms with E-state index >= 15 is 0 Å². The zero-order valence-electron chi connectivity index (χ0n) is 12.5. The molecule has 0 saturated heterocycles. The summed E-state index contributed by atoms with van der Waals surface area (Å²) in [6.07, 6.45) is 0.470. The van der Waals surface area contributed by atoms with Crippen molar-refractivity contribution in [1.29, 1.82) is 0 Å². The molecule has 1 rings (SSSR count). The van der Waals surface area contributed by atoms with Gasteiger partial charge < -0.3 is 10.2 Å². The molecule has 0 aliphatic rings. The number of nitrogens with zero attached hydrogens (tertiary/aromatic N) is 1. The van der Waals surface area contributed by atoms with Gasteiger partial charge in [-0.3, -0.25) is 9.59 Å². The van der Waals surface area contributed by atoms with Gasteiger partial charge in [-0.1, -0.05) is 37.0 Å². The van der Waals surface area contributed by atoms with E-state index in [2.05, 4.69) is 5.32 Å². The van der Waals surface area contributed by atoms with E-state index in [-0.39, 0.29) is 11.8 Å². The Balaban J connectivity index is 2.69. The molecule has 1 N–H and O–H groups in total. The van der Waals surface area contributed by atoms with Gasteiger partial charge >= 0.3 is 0 Å². The molecule has 1 aromatic rings. The first kappa shape index (κ1) is 17.8. The fourth-order valence-electron chi connectivity index (χ4n) is 1.89. The van der Waals surface area contributed by atoms with Crippen molar-refractivity contribution in [3.8, 4) is 0 Å². The van der Waals surface area contributed by atoms with Gasteiger partial charge in [0, 0.05) is 31.5 Å². The molecule has 0 bridgehead atoms. The number of carbonyl (C=O) groups excluding carboxylic acids is 2. The Morgan fingerprint density at radius 3 is 2.52 bits per heavy atom. The Hall–Kier alpha value is -1.26. The van der Waals surface area contributed by atoms with Crippen LogP contribution < -0.4 is 10.2 Å². The van der Waals surface area contributed by atoms with Crippen molar-refractivity contribution in [2.45, 2.75) is 27.2 Å². The van der Waals surface area contributed by atoms with Crippen LogP contribution in [0.1, 0.15) is 27.2 Å². The Bertz CT molecular complexity index is 518. The van der Waals surface area contributed by atoms with Crippen LogP contribution in [0.15, 0.2) is 18.2 Å².